The fraction of sp³-hybridized carbons (Fsp3) is 0.125. The van der Waals surface area contributed by atoms with E-state index in [-0.39, 0.29) is 11.7 Å². The Morgan fingerprint density at radius 3 is 2.48 bits per heavy atom. The fourth-order valence-electron chi connectivity index (χ4n) is 4.04. The first-order valence-corrected chi connectivity index (χ1v) is 14.4. The first-order chi connectivity index (χ1) is 20.5. The SMILES string of the molecule is COc1cc(/C=N\NC(=O)CSc2nnc(-c3ccc(C)cc3)n2-c2ccc(Cl)cc2)ccc1OCc1ccccc1. The van der Waals surface area contributed by atoms with E-state index in [1.165, 1.54) is 11.8 Å². The highest BCUT2D eigenvalue weighted by atomic mass is 35.5. The lowest BCUT2D eigenvalue weighted by Crippen LogP contribution is -2.20. The standard InChI is InChI=1S/C32H28ClN5O3S/c1-22-8-11-25(12-9-22)31-36-37-32(38(31)27-15-13-26(33)14-16-27)42-21-30(39)35-34-19-24-10-17-28(29(18-24)40-2)41-20-23-6-4-3-5-7-23/h3-19H,20-21H2,1-2H3,(H,35,39)/b34-19-. The smallest absolute Gasteiger partial charge is 0.250 e. The molecule has 4 aromatic carbocycles. The number of nitrogens with one attached hydrogen (secondary N) is 1. The maximum Gasteiger partial charge on any atom is 0.250 e. The van der Waals surface area contributed by atoms with Crippen LogP contribution in [-0.4, -0.2) is 39.7 Å². The summed E-state index contributed by atoms with van der Waals surface area (Å²) in [6.07, 6.45) is 1.55. The maximum atomic E-state index is 12.6. The van der Waals surface area contributed by atoms with Gasteiger partial charge in [0.1, 0.15) is 6.61 Å². The van der Waals surface area contributed by atoms with E-state index in [0.717, 1.165) is 27.9 Å². The molecular weight excluding hydrogens is 570 g/mol. The summed E-state index contributed by atoms with van der Waals surface area (Å²) in [7, 11) is 1.58. The summed E-state index contributed by atoms with van der Waals surface area (Å²) in [5, 5.41) is 14.1. The van der Waals surface area contributed by atoms with Gasteiger partial charge in [-0.1, -0.05) is 83.5 Å². The summed E-state index contributed by atoms with van der Waals surface area (Å²) in [6.45, 7) is 2.46. The number of benzene rings is 4. The van der Waals surface area contributed by atoms with Crippen LogP contribution in [0.25, 0.3) is 17.1 Å². The Kier molecular flexibility index (Phi) is 9.53. The molecule has 10 heteroatoms. The Bertz CT molecular complexity index is 1670. The first-order valence-electron chi connectivity index (χ1n) is 13.1. The largest absolute Gasteiger partial charge is 0.493 e. The highest BCUT2D eigenvalue weighted by molar-refractivity contribution is 7.99. The van der Waals surface area contributed by atoms with E-state index in [0.29, 0.717) is 34.1 Å². The van der Waals surface area contributed by atoms with Crippen molar-refractivity contribution in [1.82, 2.24) is 20.2 Å². The third-order valence-electron chi connectivity index (χ3n) is 6.19. The topological polar surface area (TPSA) is 90.6 Å². The third-order valence-corrected chi connectivity index (χ3v) is 7.37. The van der Waals surface area contributed by atoms with Crippen molar-refractivity contribution < 1.29 is 14.3 Å². The number of halogens is 1. The Balaban J connectivity index is 1.23. The van der Waals surface area contributed by atoms with E-state index in [1.54, 1.807) is 19.4 Å². The Morgan fingerprint density at radius 2 is 1.74 bits per heavy atom. The zero-order valence-corrected chi connectivity index (χ0v) is 24.6. The van der Waals surface area contributed by atoms with Gasteiger partial charge in [-0.2, -0.15) is 5.10 Å². The van der Waals surface area contributed by atoms with Crippen LogP contribution in [0, 0.1) is 6.92 Å². The predicted molar refractivity (Wildman–Crippen MR) is 167 cm³/mol. The van der Waals surface area contributed by atoms with Crippen LogP contribution in [0.15, 0.2) is 107 Å². The molecule has 0 radical (unpaired) electrons. The molecule has 0 atom stereocenters. The van der Waals surface area contributed by atoms with Crippen molar-refractivity contribution in [3.63, 3.8) is 0 Å². The summed E-state index contributed by atoms with van der Waals surface area (Å²) < 4.78 is 13.3. The van der Waals surface area contributed by atoms with Gasteiger partial charge in [0.25, 0.3) is 5.91 Å². The predicted octanol–water partition coefficient (Wildman–Crippen LogP) is 6.73. The van der Waals surface area contributed by atoms with Crippen LogP contribution in [0.4, 0.5) is 0 Å². The number of hydrazone groups is 1. The number of hydrogen-bond donors (Lipinski definition) is 1. The number of nitrogens with zero attached hydrogens (tertiary/aromatic N) is 4. The maximum absolute atomic E-state index is 12.6. The molecule has 42 heavy (non-hydrogen) atoms. The molecule has 212 valence electrons. The van der Waals surface area contributed by atoms with Gasteiger partial charge in [0.2, 0.25) is 0 Å². The van der Waals surface area contributed by atoms with Crippen molar-refractivity contribution in [3.8, 4) is 28.6 Å². The Hall–Kier alpha value is -4.60. The van der Waals surface area contributed by atoms with Crippen LogP contribution in [0.5, 0.6) is 11.5 Å². The molecule has 8 nitrogen and oxygen atoms in total. The summed E-state index contributed by atoms with van der Waals surface area (Å²) >= 11 is 7.38. The highest BCUT2D eigenvalue weighted by Crippen LogP contribution is 2.30. The number of aromatic nitrogens is 3. The number of thioether (sulfide) groups is 1. The quantitative estimate of drug-likeness (QED) is 0.103. The van der Waals surface area contributed by atoms with Gasteiger partial charge in [0, 0.05) is 16.3 Å². The van der Waals surface area contributed by atoms with Crippen LogP contribution < -0.4 is 14.9 Å². The molecule has 1 amide bonds. The van der Waals surface area contributed by atoms with Crippen LogP contribution in [0.2, 0.25) is 5.02 Å². The molecule has 0 bridgehead atoms. The number of carbonyl (C=O) groups is 1. The lowest BCUT2D eigenvalue weighted by Gasteiger charge is -2.11. The number of rotatable bonds is 11. The average molecular weight is 598 g/mol. The molecule has 5 aromatic rings. The second kappa shape index (κ2) is 13.8. The van der Waals surface area contributed by atoms with Crippen molar-refractivity contribution in [2.24, 2.45) is 5.10 Å². The summed E-state index contributed by atoms with van der Waals surface area (Å²) in [4.78, 5) is 12.6. The number of methoxy groups -OCH3 is 1. The Labute approximate surface area is 253 Å². The molecule has 0 aliphatic heterocycles. The lowest BCUT2D eigenvalue weighted by molar-refractivity contribution is -0.118. The summed E-state index contributed by atoms with van der Waals surface area (Å²) in [6, 6.07) is 30.8. The second-order valence-corrected chi connectivity index (χ2v) is 10.6. The minimum absolute atomic E-state index is 0.0898. The molecule has 5 rings (SSSR count). The fourth-order valence-corrected chi connectivity index (χ4v) is 4.91. The number of amides is 1. The molecule has 0 aliphatic rings. The number of ether oxygens (including phenoxy) is 2. The van der Waals surface area contributed by atoms with E-state index in [4.69, 9.17) is 21.1 Å². The molecule has 1 N–H and O–H groups in total. The number of aryl methyl sites for hydroxylation is 1. The van der Waals surface area contributed by atoms with Crippen molar-refractivity contribution >= 4 is 35.5 Å². The van der Waals surface area contributed by atoms with Gasteiger partial charge in [0.15, 0.2) is 22.5 Å². The van der Waals surface area contributed by atoms with E-state index < -0.39 is 0 Å². The van der Waals surface area contributed by atoms with Gasteiger partial charge in [-0.05, 0) is 60.5 Å². The lowest BCUT2D eigenvalue weighted by atomic mass is 10.1. The zero-order valence-electron chi connectivity index (χ0n) is 23.0. The zero-order chi connectivity index (χ0) is 29.3. The van der Waals surface area contributed by atoms with E-state index in [2.05, 4.69) is 20.7 Å². The van der Waals surface area contributed by atoms with Crippen LogP contribution in [0.3, 0.4) is 0 Å². The molecule has 0 saturated heterocycles. The molecule has 1 aromatic heterocycles. The van der Waals surface area contributed by atoms with Crippen LogP contribution in [0.1, 0.15) is 16.7 Å². The second-order valence-electron chi connectivity index (χ2n) is 9.25. The van der Waals surface area contributed by atoms with Gasteiger partial charge in [-0.15, -0.1) is 10.2 Å². The Morgan fingerprint density at radius 1 is 0.976 bits per heavy atom. The normalized spacial score (nSPS) is 11.0. The minimum atomic E-state index is -0.284. The summed E-state index contributed by atoms with van der Waals surface area (Å²) in [5.74, 6) is 1.67. The molecule has 0 saturated carbocycles. The average Bonchev–Trinajstić information content (AvgIpc) is 3.44. The number of hydrogen-bond acceptors (Lipinski definition) is 7. The van der Waals surface area contributed by atoms with Crippen molar-refractivity contribution in [3.05, 3.63) is 119 Å². The van der Waals surface area contributed by atoms with Gasteiger partial charge in [-0.25, -0.2) is 5.43 Å². The van der Waals surface area contributed by atoms with E-state index in [9.17, 15) is 4.79 Å². The first kappa shape index (κ1) is 28.9. The molecular formula is C32H28ClN5O3S. The van der Waals surface area contributed by atoms with Gasteiger partial charge < -0.3 is 9.47 Å². The molecule has 0 spiro atoms. The monoisotopic (exact) mass is 597 g/mol. The van der Waals surface area contributed by atoms with Crippen LogP contribution in [-0.2, 0) is 11.4 Å². The van der Waals surface area contributed by atoms with Crippen molar-refractivity contribution in [2.75, 3.05) is 12.9 Å². The highest BCUT2D eigenvalue weighted by Gasteiger charge is 2.17. The van der Waals surface area contributed by atoms with E-state index >= 15 is 0 Å². The van der Waals surface area contributed by atoms with Gasteiger partial charge >= 0.3 is 0 Å². The van der Waals surface area contributed by atoms with Crippen molar-refractivity contribution in [2.45, 2.75) is 18.7 Å². The molecule has 1 heterocycles. The van der Waals surface area contributed by atoms with Crippen molar-refractivity contribution in [1.29, 1.82) is 0 Å². The summed E-state index contributed by atoms with van der Waals surface area (Å²) in [5.41, 5.74) is 7.28. The molecule has 0 unspecified atom stereocenters. The molecule has 0 aliphatic carbocycles. The van der Waals surface area contributed by atoms with Gasteiger partial charge in [0.05, 0.1) is 19.1 Å². The minimum Gasteiger partial charge on any atom is -0.493 e. The van der Waals surface area contributed by atoms with Crippen LogP contribution >= 0.6 is 23.4 Å². The van der Waals surface area contributed by atoms with E-state index in [1.807, 2.05) is 102 Å². The molecule has 0 fully saturated rings. The van der Waals surface area contributed by atoms with Gasteiger partial charge in [-0.3, -0.25) is 9.36 Å². The third kappa shape index (κ3) is 7.37. The number of carbonyl (C=O) groups excluding carboxylic acids is 1.